The predicted octanol–water partition coefficient (Wildman–Crippen LogP) is 4.08. The molecule has 2 rings (SSSR count). The molecule has 1 aromatic carbocycles. The lowest BCUT2D eigenvalue weighted by atomic mass is 9.90. The van der Waals surface area contributed by atoms with E-state index in [4.69, 9.17) is 17.3 Å². The summed E-state index contributed by atoms with van der Waals surface area (Å²) in [7, 11) is 0. The third-order valence-corrected chi connectivity index (χ3v) is 5.10. The Morgan fingerprint density at radius 1 is 1.37 bits per heavy atom. The van der Waals surface area contributed by atoms with Crippen LogP contribution in [0.1, 0.15) is 31.9 Å². The van der Waals surface area contributed by atoms with Crippen molar-refractivity contribution < 1.29 is 0 Å². The van der Waals surface area contributed by atoms with Gasteiger partial charge in [-0.3, -0.25) is 4.90 Å². The molecular weight excluding hydrogens is 324 g/mol. The number of likely N-dealkylation sites (tertiary alicyclic amines) is 1. The molecule has 3 atom stereocenters. The Balaban J connectivity index is 2.21. The summed E-state index contributed by atoms with van der Waals surface area (Å²) in [5, 5.41) is 0.750. The van der Waals surface area contributed by atoms with Crippen LogP contribution in [0.3, 0.4) is 0 Å². The van der Waals surface area contributed by atoms with E-state index in [2.05, 4.69) is 46.8 Å². The first kappa shape index (κ1) is 15.3. The highest BCUT2D eigenvalue weighted by atomic mass is 79.9. The van der Waals surface area contributed by atoms with Gasteiger partial charge in [-0.1, -0.05) is 31.5 Å². The first-order chi connectivity index (χ1) is 9.01. The van der Waals surface area contributed by atoms with Gasteiger partial charge in [0.15, 0.2) is 0 Å². The van der Waals surface area contributed by atoms with Crippen molar-refractivity contribution in [3.8, 4) is 0 Å². The minimum Gasteiger partial charge on any atom is -0.329 e. The lowest BCUT2D eigenvalue weighted by molar-refractivity contribution is 0.0984. The molecule has 1 aromatic rings. The second-order valence-electron chi connectivity index (χ2n) is 5.82. The summed E-state index contributed by atoms with van der Waals surface area (Å²) in [6.07, 6.45) is 1.32. The van der Waals surface area contributed by atoms with E-state index < -0.39 is 0 Å². The molecule has 2 nitrogen and oxygen atoms in total. The first-order valence-corrected chi connectivity index (χ1v) is 8.07. The van der Waals surface area contributed by atoms with Crippen molar-refractivity contribution in [1.29, 1.82) is 0 Å². The molecule has 19 heavy (non-hydrogen) atoms. The molecule has 2 N–H and O–H groups in total. The Bertz CT molecular complexity index is 428. The van der Waals surface area contributed by atoms with Gasteiger partial charge in [0, 0.05) is 30.1 Å². The van der Waals surface area contributed by atoms with E-state index in [1.54, 1.807) is 0 Å². The average Bonchev–Trinajstić information content (AvgIpc) is 2.33. The molecule has 1 heterocycles. The number of hydrogen-bond acceptors (Lipinski definition) is 2. The van der Waals surface area contributed by atoms with Crippen LogP contribution in [-0.4, -0.2) is 24.5 Å². The van der Waals surface area contributed by atoms with E-state index >= 15 is 0 Å². The van der Waals surface area contributed by atoms with E-state index in [1.165, 1.54) is 12.0 Å². The standard InChI is InChI=1S/C15H22BrClN2/c1-10-5-11(2)9-19(8-10)15(7-18)12-3-4-14(17)13(16)6-12/h3-4,6,10-11,15H,5,7-9,18H2,1-2H3. The van der Waals surface area contributed by atoms with Gasteiger partial charge in [-0.2, -0.15) is 0 Å². The van der Waals surface area contributed by atoms with Crippen molar-refractivity contribution in [3.63, 3.8) is 0 Å². The molecule has 0 saturated carbocycles. The van der Waals surface area contributed by atoms with E-state index in [-0.39, 0.29) is 0 Å². The zero-order chi connectivity index (χ0) is 14.0. The van der Waals surface area contributed by atoms with Crippen LogP contribution in [0, 0.1) is 11.8 Å². The van der Waals surface area contributed by atoms with Crippen LogP contribution in [0.5, 0.6) is 0 Å². The van der Waals surface area contributed by atoms with Gasteiger partial charge in [0.25, 0.3) is 0 Å². The molecule has 1 aliphatic rings. The van der Waals surface area contributed by atoms with Crippen LogP contribution in [0.25, 0.3) is 0 Å². The Hall–Kier alpha value is -0.0900. The zero-order valence-corrected chi connectivity index (χ0v) is 13.9. The van der Waals surface area contributed by atoms with Gasteiger partial charge in [0.2, 0.25) is 0 Å². The van der Waals surface area contributed by atoms with Gasteiger partial charge in [-0.25, -0.2) is 0 Å². The zero-order valence-electron chi connectivity index (χ0n) is 11.6. The highest BCUT2D eigenvalue weighted by Crippen LogP contribution is 2.32. The Morgan fingerprint density at radius 2 is 2.00 bits per heavy atom. The second-order valence-corrected chi connectivity index (χ2v) is 7.09. The molecule has 0 amide bonds. The van der Waals surface area contributed by atoms with Crippen LogP contribution in [0.15, 0.2) is 22.7 Å². The summed E-state index contributed by atoms with van der Waals surface area (Å²) in [6.45, 7) is 7.56. The average molecular weight is 346 g/mol. The predicted molar refractivity (Wildman–Crippen MR) is 85.5 cm³/mol. The molecule has 1 aliphatic heterocycles. The third-order valence-electron chi connectivity index (χ3n) is 3.89. The minimum atomic E-state index is 0.291. The maximum atomic E-state index is 6.07. The molecule has 0 radical (unpaired) electrons. The summed E-state index contributed by atoms with van der Waals surface area (Å²) in [5.41, 5.74) is 7.27. The quantitative estimate of drug-likeness (QED) is 0.894. The van der Waals surface area contributed by atoms with Crippen LogP contribution in [-0.2, 0) is 0 Å². The van der Waals surface area contributed by atoms with Crippen molar-refractivity contribution >= 4 is 27.5 Å². The van der Waals surface area contributed by atoms with Gasteiger partial charge in [-0.05, 0) is 51.9 Å². The molecule has 106 valence electrons. The lowest BCUT2D eigenvalue weighted by Gasteiger charge is -2.40. The van der Waals surface area contributed by atoms with Gasteiger partial charge >= 0.3 is 0 Å². The number of halogens is 2. The summed E-state index contributed by atoms with van der Waals surface area (Å²) in [5.74, 6) is 1.49. The van der Waals surface area contributed by atoms with Gasteiger partial charge in [0.05, 0.1) is 5.02 Å². The topological polar surface area (TPSA) is 29.3 Å². The lowest BCUT2D eigenvalue weighted by Crippen LogP contribution is -2.43. The van der Waals surface area contributed by atoms with Gasteiger partial charge < -0.3 is 5.73 Å². The van der Waals surface area contributed by atoms with Crippen molar-refractivity contribution in [2.24, 2.45) is 17.6 Å². The van der Waals surface area contributed by atoms with E-state index in [9.17, 15) is 0 Å². The van der Waals surface area contributed by atoms with Crippen molar-refractivity contribution in [2.75, 3.05) is 19.6 Å². The molecule has 1 fully saturated rings. The fraction of sp³-hybridized carbons (Fsp3) is 0.600. The molecule has 0 aliphatic carbocycles. The molecule has 4 heteroatoms. The summed E-state index contributed by atoms with van der Waals surface area (Å²) >= 11 is 9.57. The highest BCUT2D eigenvalue weighted by molar-refractivity contribution is 9.10. The van der Waals surface area contributed by atoms with Gasteiger partial charge in [0.1, 0.15) is 0 Å². The minimum absolute atomic E-state index is 0.291. The largest absolute Gasteiger partial charge is 0.329 e. The summed E-state index contributed by atoms with van der Waals surface area (Å²) in [4.78, 5) is 2.52. The molecule has 1 saturated heterocycles. The second kappa shape index (κ2) is 6.57. The third kappa shape index (κ3) is 3.72. The molecular formula is C15H22BrClN2. The summed E-state index contributed by atoms with van der Waals surface area (Å²) < 4.78 is 0.947. The molecule has 0 spiro atoms. The SMILES string of the molecule is CC1CC(C)CN(C(CN)c2ccc(Cl)c(Br)c2)C1. The van der Waals surface area contributed by atoms with E-state index in [0.29, 0.717) is 12.6 Å². The monoisotopic (exact) mass is 344 g/mol. The Kier molecular flexibility index (Phi) is 5.29. The maximum absolute atomic E-state index is 6.07. The fourth-order valence-corrected chi connectivity index (χ4v) is 3.70. The van der Waals surface area contributed by atoms with Gasteiger partial charge in [-0.15, -0.1) is 0 Å². The van der Waals surface area contributed by atoms with Crippen molar-refractivity contribution in [3.05, 3.63) is 33.3 Å². The number of rotatable bonds is 3. The Morgan fingerprint density at radius 3 is 2.53 bits per heavy atom. The number of piperidine rings is 1. The number of benzene rings is 1. The number of nitrogens with zero attached hydrogens (tertiary/aromatic N) is 1. The Labute approximate surface area is 129 Å². The summed E-state index contributed by atoms with van der Waals surface area (Å²) in [6, 6.07) is 6.43. The molecule has 0 aromatic heterocycles. The molecule has 0 bridgehead atoms. The van der Waals surface area contributed by atoms with Crippen LogP contribution >= 0.6 is 27.5 Å². The smallest absolute Gasteiger partial charge is 0.0548 e. The first-order valence-electron chi connectivity index (χ1n) is 6.90. The fourth-order valence-electron chi connectivity index (χ4n) is 3.18. The number of hydrogen-bond donors (Lipinski definition) is 1. The highest BCUT2D eigenvalue weighted by Gasteiger charge is 2.27. The molecule has 3 unspecified atom stereocenters. The maximum Gasteiger partial charge on any atom is 0.0548 e. The van der Waals surface area contributed by atoms with E-state index in [1.807, 2.05) is 6.07 Å². The normalized spacial score (nSPS) is 26.4. The van der Waals surface area contributed by atoms with Crippen LogP contribution in [0.2, 0.25) is 5.02 Å². The van der Waals surface area contributed by atoms with Crippen molar-refractivity contribution in [2.45, 2.75) is 26.3 Å². The van der Waals surface area contributed by atoms with E-state index in [0.717, 1.165) is 34.4 Å². The van der Waals surface area contributed by atoms with Crippen LogP contribution < -0.4 is 5.73 Å². The van der Waals surface area contributed by atoms with Crippen LogP contribution in [0.4, 0.5) is 0 Å². The number of nitrogens with two attached hydrogens (primary N) is 1. The van der Waals surface area contributed by atoms with Crippen molar-refractivity contribution in [1.82, 2.24) is 4.90 Å².